The van der Waals surface area contributed by atoms with E-state index in [1.54, 1.807) is 0 Å². The van der Waals surface area contributed by atoms with Gasteiger partial charge in [0.15, 0.2) is 11.9 Å². The lowest BCUT2D eigenvalue weighted by molar-refractivity contribution is 0.227. The molecule has 0 fully saturated rings. The number of nitrogens with zero attached hydrogens (tertiary/aromatic N) is 2. The Labute approximate surface area is 112 Å². The van der Waals surface area contributed by atoms with Crippen molar-refractivity contribution in [3.8, 4) is 5.75 Å². The van der Waals surface area contributed by atoms with E-state index in [9.17, 15) is 0 Å². The van der Waals surface area contributed by atoms with Gasteiger partial charge in [-0.2, -0.15) is 0 Å². The zero-order valence-electron chi connectivity index (χ0n) is 10.9. The number of benzene rings is 1. The van der Waals surface area contributed by atoms with Crippen molar-refractivity contribution >= 4 is 0 Å². The highest BCUT2D eigenvalue weighted by Crippen LogP contribution is 2.34. The summed E-state index contributed by atoms with van der Waals surface area (Å²) >= 11 is 0. The van der Waals surface area contributed by atoms with E-state index in [2.05, 4.69) is 16.0 Å². The predicted octanol–water partition coefficient (Wildman–Crippen LogP) is 2.04. The van der Waals surface area contributed by atoms with Crippen LogP contribution in [-0.4, -0.2) is 16.0 Å². The van der Waals surface area contributed by atoms with E-state index in [1.807, 2.05) is 37.5 Å². The van der Waals surface area contributed by atoms with Crippen LogP contribution in [0.5, 0.6) is 5.75 Å². The molecule has 0 amide bonds. The molecule has 2 atom stereocenters. The molecule has 4 nitrogen and oxygen atoms in total. The Morgan fingerprint density at radius 2 is 2.05 bits per heavy atom. The predicted molar refractivity (Wildman–Crippen MR) is 72.9 cm³/mol. The van der Waals surface area contributed by atoms with Gasteiger partial charge < -0.3 is 10.5 Å². The van der Waals surface area contributed by atoms with Gasteiger partial charge in [-0.05, 0) is 30.5 Å². The van der Waals surface area contributed by atoms with Gasteiger partial charge >= 0.3 is 0 Å². The summed E-state index contributed by atoms with van der Waals surface area (Å²) in [5, 5.41) is 0. The Morgan fingerprint density at radius 1 is 1.32 bits per heavy atom. The van der Waals surface area contributed by atoms with Gasteiger partial charge in [0.1, 0.15) is 5.75 Å². The summed E-state index contributed by atoms with van der Waals surface area (Å²) in [6.07, 6.45) is 5.26. The van der Waals surface area contributed by atoms with Gasteiger partial charge in [0.2, 0.25) is 0 Å². The van der Waals surface area contributed by atoms with Crippen molar-refractivity contribution in [2.45, 2.75) is 31.9 Å². The number of aromatic nitrogens is 2. The molecule has 3 rings (SSSR count). The molecule has 2 heterocycles. The van der Waals surface area contributed by atoms with E-state index in [4.69, 9.17) is 10.5 Å². The zero-order valence-corrected chi connectivity index (χ0v) is 10.9. The number of hydrogen-bond donors (Lipinski definition) is 1. The first-order chi connectivity index (χ1) is 9.22. The van der Waals surface area contributed by atoms with Crippen molar-refractivity contribution < 1.29 is 4.74 Å². The normalized spacial score (nSPS) is 18.7. The van der Waals surface area contributed by atoms with E-state index in [-0.39, 0.29) is 12.1 Å². The first-order valence-electron chi connectivity index (χ1n) is 6.53. The van der Waals surface area contributed by atoms with Crippen LogP contribution in [0.4, 0.5) is 0 Å². The minimum absolute atomic E-state index is 0.0678. The largest absolute Gasteiger partial charge is 0.482 e. The van der Waals surface area contributed by atoms with Crippen molar-refractivity contribution in [3.63, 3.8) is 0 Å². The summed E-state index contributed by atoms with van der Waals surface area (Å²) < 4.78 is 5.86. The van der Waals surface area contributed by atoms with Crippen LogP contribution in [-0.2, 0) is 12.8 Å². The third kappa shape index (κ3) is 2.58. The van der Waals surface area contributed by atoms with Gasteiger partial charge in [0.25, 0.3) is 0 Å². The molecule has 0 saturated heterocycles. The van der Waals surface area contributed by atoms with Crippen LogP contribution >= 0.6 is 0 Å². The molecule has 98 valence electrons. The Balaban J connectivity index is 1.75. The van der Waals surface area contributed by atoms with E-state index >= 15 is 0 Å². The van der Waals surface area contributed by atoms with Crippen LogP contribution in [0.1, 0.15) is 30.0 Å². The molecular formula is C15H17N3O. The van der Waals surface area contributed by atoms with Gasteiger partial charge in [0.05, 0.1) is 0 Å². The van der Waals surface area contributed by atoms with Gasteiger partial charge in [0, 0.05) is 24.9 Å². The fraction of sp³-hybridized carbons (Fsp3) is 0.333. The average Bonchev–Trinajstić information content (AvgIpc) is 2.82. The Morgan fingerprint density at radius 3 is 2.74 bits per heavy atom. The standard InChI is InChI=1S/C15H17N3O/c1-10(16)6-11-8-17-15(18-9-11)14-7-12-4-2-3-5-13(12)19-14/h2-5,8-10,14H,6-7,16H2,1H3. The Kier molecular flexibility index (Phi) is 3.17. The van der Waals surface area contributed by atoms with Gasteiger partial charge in [-0.15, -0.1) is 0 Å². The maximum Gasteiger partial charge on any atom is 0.169 e. The molecule has 4 heteroatoms. The maximum absolute atomic E-state index is 5.86. The van der Waals surface area contributed by atoms with Gasteiger partial charge in [-0.25, -0.2) is 9.97 Å². The first-order valence-corrected chi connectivity index (χ1v) is 6.53. The molecule has 0 bridgehead atoms. The van der Waals surface area contributed by atoms with Crippen LogP contribution in [0, 0.1) is 0 Å². The lowest BCUT2D eigenvalue weighted by Gasteiger charge is -2.10. The monoisotopic (exact) mass is 255 g/mol. The smallest absolute Gasteiger partial charge is 0.169 e. The molecule has 2 N–H and O–H groups in total. The summed E-state index contributed by atoms with van der Waals surface area (Å²) in [5.41, 5.74) is 8.04. The second kappa shape index (κ2) is 4.97. The van der Waals surface area contributed by atoms with Crippen molar-refractivity contribution in [1.29, 1.82) is 0 Å². The second-order valence-electron chi connectivity index (χ2n) is 5.05. The highest BCUT2D eigenvalue weighted by Gasteiger charge is 2.25. The summed E-state index contributed by atoms with van der Waals surface area (Å²) in [5.74, 6) is 1.68. The zero-order chi connectivity index (χ0) is 13.2. The van der Waals surface area contributed by atoms with Crippen molar-refractivity contribution in [3.05, 3.63) is 53.6 Å². The summed E-state index contributed by atoms with van der Waals surface area (Å²) in [6, 6.07) is 8.20. The van der Waals surface area contributed by atoms with Crippen molar-refractivity contribution in [2.24, 2.45) is 5.73 Å². The number of nitrogens with two attached hydrogens (primary N) is 1. The fourth-order valence-corrected chi connectivity index (χ4v) is 2.33. The average molecular weight is 255 g/mol. The molecule has 19 heavy (non-hydrogen) atoms. The molecule has 0 aliphatic carbocycles. The van der Waals surface area contributed by atoms with E-state index in [0.717, 1.165) is 30.0 Å². The third-order valence-electron chi connectivity index (χ3n) is 3.22. The molecular weight excluding hydrogens is 238 g/mol. The van der Waals surface area contributed by atoms with Crippen LogP contribution in [0.3, 0.4) is 0 Å². The van der Waals surface area contributed by atoms with Crippen LogP contribution in [0.25, 0.3) is 0 Å². The van der Waals surface area contributed by atoms with Crippen LogP contribution < -0.4 is 10.5 Å². The van der Waals surface area contributed by atoms with Crippen molar-refractivity contribution in [1.82, 2.24) is 9.97 Å². The Bertz CT molecular complexity index is 541. The highest BCUT2D eigenvalue weighted by molar-refractivity contribution is 5.38. The molecule has 0 saturated carbocycles. The SMILES string of the molecule is CC(N)Cc1cnc(C2Cc3ccccc3O2)nc1. The van der Waals surface area contributed by atoms with E-state index in [0.29, 0.717) is 0 Å². The molecule has 1 aliphatic rings. The molecule has 0 spiro atoms. The van der Waals surface area contributed by atoms with Gasteiger partial charge in [-0.1, -0.05) is 18.2 Å². The quantitative estimate of drug-likeness (QED) is 0.911. The molecule has 1 aliphatic heterocycles. The molecule has 2 aromatic rings. The Hall–Kier alpha value is -1.94. The highest BCUT2D eigenvalue weighted by atomic mass is 16.5. The molecule has 1 aromatic carbocycles. The molecule has 2 unspecified atom stereocenters. The minimum Gasteiger partial charge on any atom is -0.482 e. The lowest BCUT2D eigenvalue weighted by Crippen LogP contribution is -2.18. The molecule has 0 radical (unpaired) electrons. The van der Waals surface area contributed by atoms with Gasteiger partial charge in [-0.3, -0.25) is 0 Å². The number of hydrogen-bond acceptors (Lipinski definition) is 4. The number of rotatable bonds is 3. The van der Waals surface area contributed by atoms with Crippen LogP contribution in [0.15, 0.2) is 36.7 Å². The first kappa shape index (κ1) is 12.1. The summed E-state index contributed by atoms with van der Waals surface area (Å²) in [7, 11) is 0. The number of ether oxygens (including phenoxy) is 1. The van der Waals surface area contributed by atoms with Crippen LogP contribution in [0.2, 0.25) is 0 Å². The lowest BCUT2D eigenvalue weighted by atomic mass is 10.1. The summed E-state index contributed by atoms with van der Waals surface area (Å²) in [4.78, 5) is 8.81. The number of fused-ring (bicyclic) bond motifs is 1. The summed E-state index contributed by atoms with van der Waals surface area (Å²) in [6.45, 7) is 1.98. The van der Waals surface area contributed by atoms with Crippen molar-refractivity contribution in [2.75, 3.05) is 0 Å². The topological polar surface area (TPSA) is 61.0 Å². The number of para-hydroxylation sites is 1. The third-order valence-corrected chi connectivity index (χ3v) is 3.22. The fourth-order valence-electron chi connectivity index (χ4n) is 2.33. The second-order valence-corrected chi connectivity index (χ2v) is 5.05. The minimum atomic E-state index is -0.0678. The van der Waals surface area contributed by atoms with E-state index in [1.165, 1.54) is 5.56 Å². The van der Waals surface area contributed by atoms with E-state index < -0.39 is 0 Å². The molecule has 1 aromatic heterocycles. The maximum atomic E-state index is 5.86.